The number of carbonyl (C=O) groups excluding carboxylic acids is 5. The molecule has 276 valence electrons. The van der Waals surface area contributed by atoms with E-state index < -0.39 is 67.1 Å². The van der Waals surface area contributed by atoms with Gasteiger partial charge in [0.15, 0.2) is 30.2 Å². The number of nitrogens with one attached hydrogen (secondary N) is 1. The number of ether oxygens (including phenoxy) is 6. The van der Waals surface area contributed by atoms with Gasteiger partial charge in [0, 0.05) is 0 Å². The zero-order chi connectivity index (χ0) is 37.9. The fourth-order valence-corrected chi connectivity index (χ4v) is 6.20. The standard InChI is InChI=1S/C40H34N2O11S/c1-2-48-40(47)30-35(54-24-41-30)42-34-33(53-39(46)28-21-13-6-14-22-28)32(52-38(45)27-19-11-5-12-20-27)31(51-37(44)26-17-9-4-10-18-26)29(50-34)23-49-36(43)25-15-7-3-8-16-25/h3-22,24,29,31-34,42H,2,23H2,1H3/t29-,31-,32+,33-,34-/m1/s1. The van der Waals surface area contributed by atoms with Crippen LogP contribution in [0.3, 0.4) is 0 Å². The van der Waals surface area contributed by atoms with Crippen LogP contribution in [0.1, 0.15) is 58.8 Å². The van der Waals surface area contributed by atoms with Crippen molar-refractivity contribution in [3.63, 3.8) is 0 Å². The van der Waals surface area contributed by atoms with E-state index in [1.165, 1.54) is 41.9 Å². The maximum absolute atomic E-state index is 13.8. The van der Waals surface area contributed by atoms with Crippen LogP contribution in [0.5, 0.6) is 0 Å². The topological polar surface area (TPSA) is 166 Å². The molecule has 13 nitrogen and oxygen atoms in total. The molecule has 1 aromatic heterocycles. The number of esters is 5. The third-order valence-corrected chi connectivity index (χ3v) is 8.85. The summed E-state index contributed by atoms with van der Waals surface area (Å²) in [6, 6.07) is 32.3. The highest BCUT2D eigenvalue weighted by Gasteiger charge is 2.53. The largest absolute Gasteiger partial charge is 0.461 e. The fraction of sp³-hybridized carbons (Fsp3) is 0.200. The van der Waals surface area contributed by atoms with Crippen LogP contribution in [-0.4, -0.2) is 78.7 Å². The van der Waals surface area contributed by atoms with Crippen molar-refractivity contribution in [1.82, 2.24) is 4.98 Å². The van der Waals surface area contributed by atoms with Crippen molar-refractivity contribution < 1.29 is 52.4 Å². The van der Waals surface area contributed by atoms with E-state index in [4.69, 9.17) is 28.4 Å². The van der Waals surface area contributed by atoms with E-state index in [1.807, 2.05) is 0 Å². The maximum atomic E-state index is 13.8. The van der Waals surface area contributed by atoms with Crippen LogP contribution in [0.4, 0.5) is 5.00 Å². The Morgan fingerprint density at radius 3 is 1.52 bits per heavy atom. The van der Waals surface area contributed by atoms with Crippen LogP contribution in [0.15, 0.2) is 127 Å². The molecule has 4 aromatic carbocycles. The van der Waals surface area contributed by atoms with Gasteiger partial charge in [-0.2, -0.15) is 0 Å². The zero-order valence-electron chi connectivity index (χ0n) is 28.8. The lowest BCUT2D eigenvalue weighted by atomic mass is 9.96. The van der Waals surface area contributed by atoms with Gasteiger partial charge in [-0.1, -0.05) is 72.8 Å². The molecule has 0 saturated carbocycles. The smallest absolute Gasteiger partial charge is 0.360 e. The van der Waals surface area contributed by atoms with Crippen LogP contribution in [0, 0.1) is 0 Å². The van der Waals surface area contributed by atoms with Crippen LogP contribution in [0.25, 0.3) is 0 Å². The van der Waals surface area contributed by atoms with Gasteiger partial charge in [0.05, 0.1) is 34.4 Å². The number of anilines is 1. The van der Waals surface area contributed by atoms with Gasteiger partial charge in [-0.15, -0.1) is 11.3 Å². The first kappa shape index (κ1) is 37.4. The van der Waals surface area contributed by atoms with Crippen LogP contribution in [0.2, 0.25) is 0 Å². The molecule has 1 saturated heterocycles. The van der Waals surface area contributed by atoms with Gasteiger partial charge in [0.1, 0.15) is 17.7 Å². The molecule has 0 bridgehead atoms. The minimum atomic E-state index is -1.58. The monoisotopic (exact) mass is 750 g/mol. The summed E-state index contributed by atoms with van der Waals surface area (Å²) < 4.78 is 35.5. The minimum Gasteiger partial charge on any atom is -0.461 e. The molecular formula is C40H34N2O11S. The molecule has 0 amide bonds. The Bertz CT molecular complexity index is 2050. The summed E-state index contributed by atoms with van der Waals surface area (Å²) in [5.74, 6) is -3.93. The van der Waals surface area contributed by atoms with Crippen molar-refractivity contribution in [2.75, 3.05) is 18.5 Å². The van der Waals surface area contributed by atoms with E-state index in [1.54, 1.807) is 91.9 Å². The molecule has 14 heteroatoms. The quantitative estimate of drug-likeness (QED) is 0.110. The predicted molar refractivity (Wildman–Crippen MR) is 194 cm³/mol. The highest BCUT2D eigenvalue weighted by atomic mass is 32.1. The Morgan fingerprint density at radius 1 is 0.593 bits per heavy atom. The molecular weight excluding hydrogens is 717 g/mol. The van der Waals surface area contributed by atoms with Crippen molar-refractivity contribution in [2.45, 2.75) is 37.6 Å². The van der Waals surface area contributed by atoms with Crippen molar-refractivity contribution in [2.24, 2.45) is 0 Å². The molecule has 1 aliphatic rings. The molecule has 54 heavy (non-hydrogen) atoms. The minimum absolute atomic E-state index is 0.0773. The highest BCUT2D eigenvalue weighted by molar-refractivity contribution is 7.14. The Kier molecular flexibility index (Phi) is 12.4. The lowest BCUT2D eigenvalue weighted by Crippen LogP contribution is -2.64. The Hall–Kier alpha value is -6.38. The van der Waals surface area contributed by atoms with Gasteiger partial charge in [-0.05, 0) is 55.5 Å². The van der Waals surface area contributed by atoms with Crippen molar-refractivity contribution >= 4 is 46.2 Å². The molecule has 2 heterocycles. The molecule has 1 fully saturated rings. The maximum Gasteiger partial charge on any atom is 0.360 e. The second-order valence-electron chi connectivity index (χ2n) is 11.7. The zero-order valence-corrected chi connectivity index (χ0v) is 29.6. The number of hydrogen-bond donors (Lipinski definition) is 1. The summed E-state index contributed by atoms with van der Waals surface area (Å²) in [5, 5.41) is 3.23. The second kappa shape index (κ2) is 17.9. The third-order valence-electron chi connectivity index (χ3n) is 8.09. The summed E-state index contributed by atoms with van der Waals surface area (Å²) in [4.78, 5) is 71.3. The molecule has 0 unspecified atom stereocenters. The van der Waals surface area contributed by atoms with Gasteiger partial charge < -0.3 is 33.7 Å². The summed E-state index contributed by atoms with van der Waals surface area (Å²) >= 11 is 1.03. The summed E-state index contributed by atoms with van der Waals surface area (Å²) in [5.41, 5.74) is 2.03. The SMILES string of the molecule is CCOC(=O)c1ncsc1N[C@@H]1O[C@H](COC(=O)c2ccccc2)[C@@H](OC(=O)c2ccccc2)[C@H](OC(=O)c2ccccc2)[C@H]1OC(=O)c1ccccc1. The average Bonchev–Trinajstić information content (AvgIpc) is 3.68. The van der Waals surface area contributed by atoms with Gasteiger partial charge in [-0.25, -0.2) is 29.0 Å². The molecule has 5 aromatic rings. The van der Waals surface area contributed by atoms with Crippen molar-refractivity contribution in [1.29, 1.82) is 0 Å². The summed E-state index contributed by atoms with van der Waals surface area (Å²) in [7, 11) is 0. The van der Waals surface area contributed by atoms with Gasteiger partial charge in [0.25, 0.3) is 0 Å². The van der Waals surface area contributed by atoms with Gasteiger partial charge >= 0.3 is 29.8 Å². The summed E-state index contributed by atoms with van der Waals surface area (Å²) in [6.45, 7) is 1.21. The van der Waals surface area contributed by atoms with E-state index in [-0.39, 0.29) is 39.6 Å². The average molecular weight is 751 g/mol. The first-order chi connectivity index (χ1) is 26.3. The predicted octanol–water partition coefficient (Wildman–Crippen LogP) is 5.99. The number of benzene rings is 4. The van der Waals surface area contributed by atoms with Crippen molar-refractivity contribution in [3.8, 4) is 0 Å². The number of hydrogen-bond acceptors (Lipinski definition) is 14. The van der Waals surface area contributed by atoms with Crippen LogP contribution in [-0.2, 0) is 28.4 Å². The second-order valence-corrected chi connectivity index (χ2v) is 12.5. The number of aromatic nitrogens is 1. The molecule has 6 rings (SSSR count). The normalized spacial score (nSPS) is 19.1. The van der Waals surface area contributed by atoms with E-state index in [9.17, 15) is 24.0 Å². The molecule has 0 spiro atoms. The van der Waals surface area contributed by atoms with Crippen LogP contribution < -0.4 is 5.32 Å². The number of nitrogens with zero attached hydrogens (tertiary/aromatic N) is 1. The lowest BCUT2D eigenvalue weighted by Gasteiger charge is -2.44. The Labute approximate surface area is 313 Å². The van der Waals surface area contributed by atoms with Gasteiger partial charge in [0.2, 0.25) is 0 Å². The van der Waals surface area contributed by atoms with E-state index in [0.717, 1.165) is 11.3 Å². The highest BCUT2D eigenvalue weighted by Crippen LogP contribution is 2.33. The lowest BCUT2D eigenvalue weighted by molar-refractivity contribution is -0.222. The number of carbonyl (C=O) groups is 5. The van der Waals surface area contributed by atoms with E-state index in [2.05, 4.69) is 10.3 Å². The molecule has 5 atom stereocenters. The van der Waals surface area contributed by atoms with Crippen molar-refractivity contribution in [3.05, 3.63) is 155 Å². The third kappa shape index (κ3) is 9.15. The van der Waals surface area contributed by atoms with E-state index in [0.29, 0.717) is 0 Å². The Morgan fingerprint density at radius 2 is 1.04 bits per heavy atom. The van der Waals surface area contributed by atoms with E-state index >= 15 is 0 Å². The molecule has 0 aliphatic carbocycles. The Balaban J connectivity index is 1.43. The number of thiazole rings is 1. The first-order valence-corrected chi connectivity index (χ1v) is 17.7. The summed E-state index contributed by atoms with van der Waals surface area (Å²) in [6.07, 6.45) is -7.39. The number of rotatable bonds is 13. The molecule has 1 aliphatic heterocycles. The first-order valence-electron chi connectivity index (χ1n) is 16.8. The molecule has 1 N–H and O–H groups in total. The van der Waals surface area contributed by atoms with Crippen LogP contribution >= 0.6 is 11.3 Å². The fourth-order valence-electron chi connectivity index (χ4n) is 5.51. The molecule has 0 radical (unpaired) electrons. The van der Waals surface area contributed by atoms with Gasteiger partial charge in [-0.3, -0.25) is 0 Å².